The number of nitrogens with one attached hydrogen (secondary N) is 1. The number of amides is 1. The molecule has 2 rings (SSSR count). The van der Waals surface area contributed by atoms with Crippen LogP contribution in [-0.2, 0) is 0 Å². The number of nitrogens with zero attached hydrogens (tertiary/aromatic N) is 1. The first-order valence-electron chi connectivity index (χ1n) is 7.08. The minimum atomic E-state index is -0.659. The molecule has 1 unspecified atom stereocenters. The van der Waals surface area contributed by atoms with E-state index < -0.39 is 11.7 Å². The number of piperidine rings is 1. The molecule has 110 valence electrons. The fraction of sp³-hybridized carbons (Fsp3) is 0.533. The Morgan fingerprint density at radius 1 is 1.50 bits per heavy atom. The van der Waals surface area contributed by atoms with E-state index in [9.17, 15) is 14.3 Å². The highest BCUT2D eigenvalue weighted by Crippen LogP contribution is 2.26. The van der Waals surface area contributed by atoms with Gasteiger partial charge in [0.1, 0.15) is 17.1 Å². The van der Waals surface area contributed by atoms with Crippen molar-refractivity contribution in [3.8, 4) is 5.75 Å². The van der Waals surface area contributed by atoms with Gasteiger partial charge in [0, 0.05) is 12.6 Å². The number of phenolic OH excluding ortho intramolecular Hbond substituents is 1. The van der Waals surface area contributed by atoms with Gasteiger partial charge < -0.3 is 15.3 Å². The predicted octanol–water partition coefficient (Wildman–Crippen LogP) is 2.14. The molecule has 1 fully saturated rings. The van der Waals surface area contributed by atoms with Crippen molar-refractivity contribution in [2.45, 2.75) is 31.7 Å². The molecule has 5 heteroatoms. The number of rotatable bonds is 4. The second-order valence-corrected chi connectivity index (χ2v) is 5.17. The Morgan fingerprint density at radius 2 is 2.30 bits per heavy atom. The molecule has 1 aliphatic rings. The number of benzene rings is 1. The highest BCUT2D eigenvalue weighted by Gasteiger charge is 2.30. The van der Waals surface area contributed by atoms with E-state index in [1.807, 2.05) is 7.05 Å². The number of hydrogen-bond donors (Lipinski definition) is 2. The zero-order valence-electron chi connectivity index (χ0n) is 11.7. The van der Waals surface area contributed by atoms with Crippen molar-refractivity contribution in [3.05, 3.63) is 29.6 Å². The number of phenols is 1. The topological polar surface area (TPSA) is 52.6 Å². The SMILES string of the molecule is CNCCC1CCCCN1C(=O)c1c(O)cccc1F. The highest BCUT2D eigenvalue weighted by atomic mass is 19.1. The maximum absolute atomic E-state index is 13.8. The summed E-state index contributed by atoms with van der Waals surface area (Å²) in [6, 6.07) is 4.07. The summed E-state index contributed by atoms with van der Waals surface area (Å²) in [4.78, 5) is 14.2. The molecule has 4 nitrogen and oxygen atoms in total. The van der Waals surface area contributed by atoms with Crippen LogP contribution in [0.1, 0.15) is 36.0 Å². The zero-order valence-corrected chi connectivity index (χ0v) is 11.7. The van der Waals surface area contributed by atoms with Crippen molar-refractivity contribution in [1.29, 1.82) is 0 Å². The van der Waals surface area contributed by atoms with Crippen molar-refractivity contribution < 1.29 is 14.3 Å². The molecule has 2 N–H and O–H groups in total. The van der Waals surface area contributed by atoms with Crippen LogP contribution in [0.4, 0.5) is 4.39 Å². The summed E-state index contributed by atoms with van der Waals surface area (Å²) in [6.45, 7) is 1.44. The average molecular weight is 280 g/mol. The number of carbonyl (C=O) groups excluding carboxylic acids is 1. The van der Waals surface area contributed by atoms with E-state index in [1.165, 1.54) is 18.2 Å². The van der Waals surface area contributed by atoms with Gasteiger partial charge in [-0.15, -0.1) is 0 Å². The van der Waals surface area contributed by atoms with E-state index in [0.29, 0.717) is 6.54 Å². The third-order valence-corrected chi connectivity index (χ3v) is 3.82. The summed E-state index contributed by atoms with van der Waals surface area (Å²) in [7, 11) is 1.87. The first kappa shape index (κ1) is 14.8. The molecule has 1 heterocycles. The van der Waals surface area contributed by atoms with Gasteiger partial charge in [-0.25, -0.2) is 4.39 Å². The predicted molar refractivity (Wildman–Crippen MR) is 75.3 cm³/mol. The summed E-state index contributed by atoms with van der Waals surface area (Å²) in [6.07, 6.45) is 3.79. The largest absolute Gasteiger partial charge is 0.507 e. The lowest BCUT2D eigenvalue weighted by Crippen LogP contribution is -2.45. The second-order valence-electron chi connectivity index (χ2n) is 5.17. The van der Waals surface area contributed by atoms with Gasteiger partial charge >= 0.3 is 0 Å². The molecule has 0 radical (unpaired) electrons. The molecule has 0 aliphatic carbocycles. The maximum Gasteiger partial charge on any atom is 0.260 e. The zero-order chi connectivity index (χ0) is 14.5. The van der Waals surface area contributed by atoms with E-state index in [2.05, 4.69) is 5.32 Å². The van der Waals surface area contributed by atoms with Crippen molar-refractivity contribution in [3.63, 3.8) is 0 Å². The minimum absolute atomic E-state index is 0.114. The lowest BCUT2D eigenvalue weighted by atomic mass is 9.98. The Morgan fingerprint density at radius 3 is 3.00 bits per heavy atom. The van der Waals surface area contributed by atoms with E-state index in [0.717, 1.165) is 32.2 Å². The Labute approximate surface area is 118 Å². The first-order chi connectivity index (χ1) is 9.65. The fourth-order valence-corrected chi connectivity index (χ4v) is 2.75. The Hall–Kier alpha value is -1.62. The van der Waals surface area contributed by atoms with Crippen LogP contribution in [-0.4, -0.2) is 42.1 Å². The van der Waals surface area contributed by atoms with Crippen molar-refractivity contribution in [2.75, 3.05) is 20.1 Å². The molecule has 20 heavy (non-hydrogen) atoms. The molecule has 1 amide bonds. The third kappa shape index (κ3) is 3.10. The number of likely N-dealkylation sites (tertiary alicyclic amines) is 1. The van der Waals surface area contributed by atoms with Gasteiger partial charge in [-0.1, -0.05) is 6.07 Å². The van der Waals surface area contributed by atoms with Gasteiger partial charge in [-0.2, -0.15) is 0 Å². The lowest BCUT2D eigenvalue weighted by Gasteiger charge is -2.36. The first-order valence-corrected chi connectivity index (χ1v) is 7.08. The Kier molecular flexibility index (Phi) is 4.95. The molecule has 1 aromatic rings. The molecule has 1 aliphatic heterocycles. The van der Waals surface area contributed by atoms with E-state index in [-0.39, 0.29) is 17.4 Å². The van der Waals surface area contributed by atoms with Crippen molar-refractivity contribution in [2.24, 2.45) is 0 Å². The monoisotopic (exact) mass is 280 g/mol. The van der Waals surface area contributed by atoms with E-state index >= 15 is 0 Å². The lowest BCUT2D eigenvalue weighted by molar-refractivity contribution is 0.0594. The van der Waals surface area contributed by atoms with Gasteiger partial charge in [-0.05, 0) is 51.4 Å². The van der Waals surface area contributed by atoms with Crippen LogP contribution in [0.5, 0.6) is 5.75 Å². The molecule has 1 aromatic carbocycles. The van der Waals surface area contributed by atoms with Crippen LogP contribution in [0.3, 0.4) is 0 Å². The van der Waals surface area contributed by atoms with Crippen LogP contribution in [0.15, 0.2) is 18.2 Å². The summed E-state index contributed by atoms with van der Waals surface area (Å²) >= 11 is 0. The molecule has 0 aromatic heterocycles. The van der Waals surface area contributed by atoms with Gasteiger partial charge in [0.05, 0.1) is 0 Å². The molecule has 0 bridgehead atoms. The molecule has 1 atom stereocenters. The number of carbonyl (C=O) groups is 1. The standard InChI is InChI=1S/C15H21FN2O2/c1-17-9-8-11-5-2-3-10-18(11)15(20)14-12(16)6-4-7-13(14)19/h4,6-7,11,17,19H,2-3,5,8-10H2,1H3. The average Bonchev–Trinajstić information content (AvgIpc) is 2.45. The number of hydrogen-bond acceptors (Lipinski definition) is 3. The number of halogens is 1. The van der Waals surface area contributed by atoms with Crippen molar-refractivity contribution >= 4 is 5.91 Å². The maximum atomic E-state index is 13.8. The van der Waals surface area contributed by atoms with Gasteiger partial charge in [0.15, 0.2) is 0 Å². The van der Waals surface area contributed by atoms with E-state index in [1.54, 1.807) is 4.90 Å². The summed E-state index contributed by atoms with van der Waals surface area (Å²) in [5.41, 5.74) is -0.205. The van der Waals surface area contributed by atoms with Gasteiger partial charge in [0.25, 0.3) is 5.91 Å². The smallest absolute Gasteiger partial charge is 0.260 e. The highest BCUT2D eigenvalue weighted by molar-refractivity contribution is 5.97. The summed E-state index contributed by atoms with van der Waals surface area (Å²) in [5.74, 6) is -1.35. The summed E-state index contributed by atoms with van der Waals surface area (Å²) < 4.78 is 13.8. The normalized spacial score (nSPS) is 19.1. The van der Waals surface area contributed by atoms with Crippen LogP contribution in [0, 0.1) is 5.82 Å². The molecule has 0 spiro atoms. The van der Waals surface area contributed by atoms with Crippen molar-refractivity contribution in [1.82, 2.24) is 10.2 Å². The second kappa shape index (κ2) is 6.70. The van der Waals surface area contributed by atoms with Crippen LogP contribution in [0.2, 0.25) is 0 Å². The Balaban J connectivity index is 2.21. The van der Waals surface area contributed by atoms with Gasteiger partial charge in [0.2, 0.25) is 0 Å². The van der Waals surface area contributed by atoms with Gasteiger partial charge in [-0.3, -0.25) is 4.79 Å². The quantitative estimate of drug-likeness (QED) is 0.888. The summed E-state index contributed by atoms with van der Waals surface area (Å²) in [5, 5.41) is 12.8. The third-order valence-electron chi connectivity index (χ3n) is 3.82. The Bertz CT molecular complexity index is 459. The molecule has 0 saturated carbocycles. The van der Waals surface area contributed by atoms with Crippen LogP contribution >= 0.6 is 0 Å². The number of aromatic hydroxyl groups is 1. The molecule has 1 saturated heterocycles. The van der Waals surface area contributed by atoms with Crippen LogP contribution in [0.25, 0.3) is 0 Å². The van der Waals surface area contributed by atoms with Crippen LogP contribution < -0.4 is 5.32 Å². The minimum Gasteiger partial charge on any atom is -0.507 e. The molecular weight excluding hydrogens is 259 g/mol. The fourth-order valence-electron chi connectivity index (χ4n) is 2.75. The molecular formula is C15H21FN2O2. The van der Waals surface area contributed by atoms with E-state index in [4.69, 9.17) is 0 Å².